The number of nitrogens with zero attached hydrogens (tertiary/aromatic N) is 2. The van der Waals surface area contributed by atoms with Gasteiger partial charge in [-0.25, -0.2) is 8.78 Å². The number of aromatic nitrogens is 2. The van der Waals surface area contributed by atoms with Gasteiger partial charge in [0, 0.05) is 30.9 Å². The van der Waals surface area contributed by atoms with Gasteiger partial charge in [0.05, 0.1) is 11.3 Å². The van der Waals surface area contributed by atoms with E-state index < -0.39 is 11.6 Å². The van der Waals surface area contributed by atoms with Crippen LogP contribution in [0.4, 0.5) is 8.78 Å². The number of aromatic amines is 1. The lowest BCUT2D eigenvalue weighted by Gasteiger charge is -2.17. The fourth-order valence-corrected chi connectivity index (χ4v) is 2.03. The third-order valence-electron chi connectivity index (χ3n) is 3.11. The van der Waals surface area contributed by atoms with E-state index in [1.54, 1.807) is 20.9 Å². The van der Waals surface area contributed by atoms with Crippen molar-refractivity contribution < 1.29 is 13.6 Å². The summed E-state index contributed by atoms with van der Waals surface area (Å²) in [6.07, 6.45) is 0. The number of aryl methyl sites for hydroxylation is 2. The van der Waals surface area contributed by atoms with E-state index in [2.05, 4.69) is 10.2 Å². The number of hydrogen-bond donors (Lipinski definition) is 1. The zero-order chi connectivity index (χ0) is 14.9. The lowest BCUT2D eigenvalue weighted by Crippen LogP contribution is -2.27. The molecule has 4 nitrogen and oxygen atoms in total. The molecule has 2 aromatic rings. The van der Waals surface area contributed by atoms with Crippen LogP contribution in [0.2, 0.25) is 0 Å². The first-order valence-corrected chi connectivity index (χ1v) is 6.11. The summed E-state index contributed by atoms with van der Waals surface area (Å²) >= 11 is 0. The fraction of sp³-hybridized carbons (Fsp3) is 0.286. The molecule has 0 saturated carbocycles. The third kappa shape index (κ3) is 2.68. The highest BCUT2D eigenvalue weighted by molar-refractivity contribution is 5.96. The minimum Gasteiger partial charge on any atom is -0.337 e. The van der Waals surface area contributed by atoms with Crippen LogP contribution in [0.25, 0.3) is 0 Å². The van der Waals surface area contributed by atoms with Crippen LogP contribution in [0.5, 0.6) is 0 Å². The Hall–Kier alpha value is -2.24. The summed E-state index contributed by atoms with van der Waals surface area (Å²) in [6.45, 7) is 3.54. The molecule has 0 unspecified atom stereocenters. The zero-order valence-corrected chi connectivity index (χ0v) is 11.5. The van der Waals surface area contributed by atoms with Gasteiger partial charge >= 0.3 is 0 Å². The number of benzene rings is 1. The molecular formula is C14H15F2N3O. The van der Waals surface area contributed by atoms with Gasteiger partial charge in [0.2, 0.25) is 0 Å². The van der Waals surface area contributed by atoms with Crippen LogP contribution in [0.3, 0.4) is 0 Å². The largest absolute Gasteiger partial charge is 0.337 e. The van der Waals surface area contributed by atoms with Gasteiger partial charge in [0.15, 0.2) is 0 Å². The highest BCUT2D eigenvalue weighted by atomic mass is 19.1. The van der Waals surface area contributed by atoms with Crippen molar-refractivity contribution in [3.05, 3.63) is 52.3 Å². The molecule has 1 amide bonds. The van der Waals surface area contributed by atoms with Gasteiger partial charge in [-0.1, -0.05) is 6.07 Å². The molecule has 1 heterocycles. The van der Waals surface area contributed by atoms with Crippen LogP contribution in [-0.4, -0.2) is 28.1 Å². The van der Waals surface area contributed by atoms with Crippen molar-refractivity contribution in [2.24, 2.45) is 0 Å². The first kappa shape index (κ1) is 14.2. The average molecular weight is 279 g/mol. The van der Waals surface area contributed by atoms with Gasteiger partial charge in [-0.3, -0.25) is 9.89 Å². The van der Waals surface area contributed by atoms with Crippen molar-refractivity contribution in [2.75, 3.05) is 7.05 Å². The number of carbonyl (C=O) groups excluding carboxylic acids is 1. The van der Waals surface area contributed by atoms with Crippen molar-refractivity contribution in [2.45, 2.75) is 20.4 Å². The van der Waals surface area contributed by atoms with E-state index in [1.165, 1.54) is 17.0 Å². The standard InChI is InChI=1S/C14H15F2N3O/c1-8-13(9(2)18-17-8)14(20)19(3)7-10-4-5-11(15)6-12(10)16/h4-6H,7H2,1-3H3,(H,17,18). The molecule has 0 saturated heterocycles. The van der Waals surface area contributed by atoms with E-state index in [0.717, 1.165) is 6.07 Å². The number of carbonyl (C=O) groups is 1. The van der Waals surface area contributed by atoms with Crippen LogP contribution in [0, 0.1) is 25.5 Å². The second-order valence-corrected chi connectivity index (χ2v) is 4.71. The Morgan fingerprint density at radius 1 is 1.35 bits per heavy atom. The average Bonchev–Trinajstić information content (AvgIpc) is 2.71. The van der Waals surface area contributed by atoms with Crippen molar-refractivity contribution in [1.82, 2.24) is 15.1 Å². The Labute approximate surface area is 115 Å². The molecule has 1 N–H and O–H groups in total. The highest BCUT2D eigenvalue weighted by Gasteiger charge is 2.20. The summed E-state index contributed by atoms with van der Waals surface area (Å²) in [6, 6.07) is 3.32. The number of amides is 1. The maximum Gasteiger partial charge on any atom is 0.257 e. The Kier molecular flexibility index (Phi) is 3.83. The van der Waals surface area contributed by atoms with Gasteiger partial charge in [-0.2, -0.15) is 5.10 Å². The molecule has 0 atom stereocenters. The zero-order valence-electron chi connectivity index (χ0n) is 11.5. The highest BCUT2D eigenvalue weighted by Crippen LogP contribution is 2.16. The summed E-state index contributed by atoms with van der Waals surface area (Å²) in [4.78, 5) is 13.7. The predicted octanol–water partition coefficient (Wildman–Crippen LogP) is 2.58. The molecule has 0 bridgehead atoms. The van der Waals surface area contributed by atoms with E-state index in [-0.39, 0.29) is 18.0 Å². The summed E-state index contributed by atoms with van der Waals surface area (Å²) in [5.41, 5.74) is 2.01. The van der Waals surface area contributed by atoms with Crippen molar-refractivity contribution in [1.29, 1.82) is 0 Å². The smallest absolute Gasteiger partial charge is 0.257 e. The van der Waals surface area contributed by atoms with Crippen molar-refractivity contribution in [3.8, 4) is 0 Å². The molecule has 106 valence electrons. The Morgan fingerprint density at radius 3 is 2.60 bits per heavy atom. The topological polar surface area (TPSA) is 49.0 Å². The monoisotopic (exact) mass is 279 g/mol. The summed E-state index contributed by atoms with van der Waals surface area (Å²) in [7, 11) is 1.57. The maximum absolute atomic E-state index is 13.6. The van der Waals surface area contributed by atoms with Gasteiger partial charge in [-0.05, 0) is 19.9 Å². The number of halogens is 2. The molecule has 0 radical (unpaired) electrons. The molecule has 0 fully saturated rings. The molecule has 20 heavy (non-hydrogen) atoms. The first-order valence-electron chi connectivity index (χ1n) is 6.11. The number of rotatable bonds is 3. The second-order valence-electron chi connectivity index (χ2n) is 4.71. The normalized spacial score (nSPS) is 10.7. The molecule has 1 aromatic carbocycles. The Bertz CT molecular complexity index is 632. The first-order chi connectivity index (χ1) is 9.40. The van der Waals surface area contributed by atoms with Crippen LogP contribution in [0.1, 0.15) is 27.3 Å². The molecule has 1 aromatic heterocycles. The van der Waals surface area contributed by atoms with E-state index in [1.807, 2.05) is 0 Å². The van der Waals surface area contributed by atoms with E-state index in [9.17, 15) is 13.6 Å². The molecule has 6 heteroatoms. The molecular weight excluding hydrogens is 264 g/mol. The number of hydrogen-bond acceptors (Lipinski definition) is 2. The fourth-order valence-electron chi connectivity index (χ4n) is 2.03. The molecule has 0 aliphatic rings. The van der Waals surface area contributed by atoms with Gasteiger partial charge in [0.25, 0.3) is 5.91 Å². The van der Waals surface area contributed by atoms with Gasteiger partial charge in [-0.15, -0.1) is 0 Å². The Balaban J connectivity index is 2.20. The van der Waals surface area contributed by atoms with Crippen LogP contribution in [0.15, 0.2) is 18.2 Å². The number of nitrogens with one attached hydrogen (secondary N) is 1. The molecule has 0 aliphatic carbocycles. The van der Waals surface area contributed by atoms with Crippen LogP contribution >= 0.6 is 0 Å². The van der Waals surface area contributed by atoms with Crippen molar-refractivity contribution >= 4 is 5.91 Å². The summed E-state index contributed by atoms with van der Waals surface area (Å²) < 4.78 is 26.4. The van der Waals surface area contributed by atoms with Crippen LogP contribution < -0.4 is 0 Å². The van der Waals surface area contributed by atoms with E-state index in [0.29, 0.717) is 17.0 Å². The molecule has 0 aliphatic heterocycles. The minimum absolute atomic E-state index is 0.0645. The quantitative estimate of drug-likeness (QED) is 0.938. The lowest BCUT2D eigenvalue weighted by atomic mass is 10.1. The predicted molar refractivity (Wildman–Crippen MR) is 70.2 cm³/mol. The van der Waals surface area contributed by atoms with E-state index in [4.69, 9.17) is 0 Å². The lowest BCUT2D eigenvalue weighted by molar-refractivity contribution is 0.0782. The summed E-state index contributed by atoms with van der Waals surface area (Å²) in [5, 5.41) is 6.69. The SMILES string of the molecule is Cc1n[nH]c(C)c1C(=O)N(C)Cc1ccc(F)cc1F. The molecule has 2 rings (SSSR count). The molecule has 0 spiro atoms. The minimum atomic E-state index is -0.662. The van der Waals surface area contributed by atoms with Crippen molar-refractivity contribution in [3.63, 3.8) is 0 Å². The van der Waals surface area contributed by atoms with Crippen LogP contribution in [-0.2, 0) is 6.54 Å². The van der Waals surface area contributed by atoms with Gasteiger partial charge in [0.1, 0.15) is 11.6 Å². The third-order valence-corrected chi connectivity index (χ3v) is 3.11. The maximum atomic E-state index is 13.6. The summed E-state index contributed by atoms with van der Waals surface area (Å²) in [5.74, 6) is -1.55. The second kappa shape index (κ2) is 5.40. The van der Waals surface area contributed by atoms with Gasteiger partial charge < -0.3 is 4.90 Å². The van der Waals surface area contributed by atoms with E-state index >= 15 is 0 Å². The number of H-pyrrole nitrogens is 1. The Morgan fingerprint density at radius 2 is 2.05 bits per heavy atom.